The van der Waals surface area contributed by atoms with Gasteiger partial charge in [0.1, 0.15) is 5.78 Å². The second-order valence-electron chi connectivity index (χ2n) is 8.42. The second-order valence-corrected chi connectivity index (χ2v) is 8.42. The third kappa shape index (κ3) is 7.45. The molecule has 1 N–H and O–H groups in total. The van der Waals surface area contributed by atoms with Crippen LogP contribution in [0.4, 0.5) is 5.69 Å². The van der Waals surface area contributed by atoms with E-state index in [-0.39, 0.29) is 5.78 Å². The van der Waals surface area contributed by atoms with E-state index in [0.29, 0.717) is 6.42 Å². The smallest absolute Gasteiger partial charge is 0.134 e. The molecule has 34 heavy (non-hydrogen) atoms. The highest BCUT2D eigenvalue weighted by Gasteiger charge is 2.10. The number of rotatable bonds is 9. The molecule has 0 aliphatic carbocycles. The summed E-state index contributed by atoms with van der Waals surface area (Å²) in [5.41, 5.74) is 7.38. The lowest BCUT2D eigenvalue weighted by atomic mass is 10.0. The summed E-state index contributed by atoms with van der Waals surface area (Å²) in [7, 11) is 0. The van der Waals surface area contributed by atoms with Gasteiger partial charge in [0, 0.05) is 24.8 Å². The molecule has 0 aliphatic heterocycles. The van der Waals surface area contributed by atoms with Crippen LogP contribution in [-0.2, 0) is 24.2 Å². The first-order chi connectivity index (χ1) is 16.6. The van der Waals surface area contributed by atoms with Crippen molar-refractivity contribution in [3.05, 3.63) is 108 Å². The Kier molecular flexibility index (Phi) is 9.65. The molecule has 1 aromatic heterocycles. The minimum atomic E-state index is 0.201. The Morgan fingerprint density at radius 1 is 0.882 bits per heavy atom. The minimum absolute atomic E-state index is 0.201. The van der Waals surface area contributed by atoms with Gasteiger partial charge in [0.05, 0.1) is 18.6 Å². The van der Waals surface area contributed by atoms with Crippen LogP contribution in [0.1, 0.15) is 44.0 Å². The summed E-state index contributed by atoms with van der Waals surface area (Å²) in [6, 6.07) is 27.0. The minimum Gasteiger partial charge on any atom is -0.365 e. The fourth-order valence-corrected chi connectivity index (χ4v) is 3.98. The van der Waals surface area contributed by atoms with Crippen LogP contribution in [-0.4, -0.2) is 22.3 Å². The zero-order chi connectivity index (χ0) is 24.2. The number of para-hydroxylation sites is 1. The standard InChI is InChI=1S/C15H21N3.C15H14O/c1-3-9-18(11-14-10-16-12-17-14)15-8-6-5-7-13(15)4-2;1-12(16)11-13-7-9-15(10-8-13)14-5-3-2-4-6-14/h5-8,10,12H,3-4,9,11H2,1-2H3,(H,16,17);2-10H,11H2,1H3. The van der Waals surface area contributed by atoms with Crippen LogP contribution in [0, 0.1) is 0 Å². The molecule has 176 valence electrons. The molecule has 4 nitrogen and oxygen atoms in total. The summed E-state index contributed by atoms with van der Waals surface area (Å²) in [5.74, 6) is 0.201. The Labute approximate surface area is 203 Å². The van der Waals surface area contributed by atoms with E-state index >= 15 is 0 Å². The number of imidazole rings is 1. The quantitative estimate of drug-likeness (QED) is 0.301. The highest BCUT2D eigenvalue weighted by Crippen LogP contribution is 2.23. The lowest BCUT2D eigenvalue weighted by Crippen LogP contribution is -2.24. The number of anilines is 1. The summed E-state index contributed by atoms with van der Waals surface area (Å²) in [4.78, 5) is 20.7. The topological polar surface area (TPSA) is 49.0 Å². The van der Waals surface area contributed by atoms with Crippen molar-refractivity contribution in [2.45, 2.75) is 46.6 Å². The molecule has 0 saturated heterocycles. The number of nitrogens with zero attached hydrogens (tertiary/aromatic N) is 2. The van der Waals surface area contributed by atoms with Crippen molar-refractivity contribution in [3.8, 4) is 11.1 Å². The van der Waals surface area contributed by atoms with E-state index in [9.17, 15) is 4.79 Å². The molecule has 0 spiro atoms. The molecule has 1 heterocycles. The molecule has 4 heteroatoms. The highest BCUT2D eigenvalue weighted by atomic mass is 16.1. The third-order valence-corrected chi connectivity index (χ3v) is 5.64. The van der Waals surface area contributed by atoms with Crippen LogP contribution in [0.25, 0.3) is 11.1 Å². The number of hydrogen-bond donors (Lipinski definition) is 1. The Hall–Kier alpha value is -3.66. The lowest BCUT2D eigenvalue weighted by molar-refractivity contribution is -0.116. The number of Topliss-reactive ketones (excluding diaryl/α,β-unsaturated/α-hetero) is 1. The first-order valence-electron chi connectivity index (χ1n) is 12.0. The Morgan fingerprint density at radius 3 is 2.18 bits per heavy atom. The first kappa shape index (κ1) is 25.0. The maximum Gasteiger partial charge on any atom is 0.134 e. The summed E-state index contributed by atoms with van der Waals surface area (Å²) in [5, 5.41) is 0. The largest absolute Gasteiger partial charge is 0.365 e. The number of carbonyl (C=O) groups excluding carboxylic acids is 1. The predicted molar refractivity (Wildman–Crippen MR) is 142 cm³/mol. The molecule has 0 bridgehead atoms. The summed E-state index contributed by atoms with van der Waals surface area (Å²) < 4.78 is 0. The third-order valence-electron chi connectivity index (χ3n) is 5.64. The van der Waals surface area contributed by atoms with Gasteiger partial charge >= 0.3 is 0 Å². The van der Waals surface area contributed by atoms with Gasteiger partial charge in [-0.15, -0.1) is 0 Å². The van der Waals surface area contributed by atoms with Crippen molar-refractivity contribution < 1.29 is 4.79 Å². The number of aryl methyl sites for hydroxylation is 1. The lowest BCUT2D eigenvalue weighted by Gasteiger charge is -2.26. The van der Waals surface area contributed by atoms with Crippen molar-refractivity contribution in [2.24, 2.45) is 0 Å². The van der Waals surface area contributed by atoms with Gasteiger partial charge in [-0.1, -0.05) is 86.6 Å². The molecule has 4 rings (SSSR count). The molecule has 3 aromatic carbocycles. The molecule has 0 amide bonds. The van der Waals surface area contributed by atoms with Gasteiger partial charge in [-0.3, -0.25) is 4.79 Å². The number of ketones is 1. The van der Waals surface area contributed by atoms with Gasteiger partial charge < -0.3 is 9.88 Å². The van der Waals surface area contributed by atoms with Gasteiger partial charge in [0.25, 0.3) is 0 Å². The molecule has 0 saturated carbocycles. The predicted octanol–water partition coefficient (Wildman–Crippen LogP) is 6.87. The highest BCUT2D eigenvalue weighted by molar-refractivity contribution is 5.78. The van der Waals surface area contributed by atoms with Crippen LogP contribution < -0.4 is 4.90 Å². The van der Waals surface area contributed by atoms with Crippen LogP contribution in [0.2, 0.25) is 0 Å². The average Bonchev–Trinajstić information content (AvgIpc) is 3.38. The van der Waals surface area contributed by atoms with E-state index in [4.69, 9.17) is 0 Å². The summed E-state index contributed by atoms with van der Waals surface area (Å²) in [6.07, 6.45) is 6.38. The van der Waals surface area contributed by atoms with Crippen molar-refractivity contribution in [1.82, 2.24) is 9.97 Å². The molecule has 0 aliphatic rings. The normalized spacial score (nSPS) is 10.3. The molecule has 4 aromatic rings. The van der Waals surface area contributed by atoms with E-state index < -0.39 is 0 Å². The number of H-pyrrole nitrogens is 1. The van der Waals surface area contributed by atoms with Crippen LogP contribution in [0.3, 0.4) is 0 Å². The summed E-state index contributed by atoms with van der Waals surface area (Å²) in [6.45, 7) is 8.00. The number of hydrogen-bond acceptors (Lipinski definition) is 3. The molecular weight excluding hydrogens is 418 g/mol. The SMILES string of the molecule is CC(=O)Cc1ccc(-c2ccccc2)cc1.CCCN(Cc1cnc[nH]1)c1ccccc1CC. The van der Waals surface area contributed by atoms with Gasteiger partial charge in [-0.05, 0) is 48.1 Å². The first-order valence-corrected chi connectivity index (χ1v) is 12.0. The Balaban J connectivity index is 0.000000192. The fourth-order valence-electron chi connectivity index (χ4n) is 3.98. The van der Waals surface area contributed by atoms with Gasteiger partial charge in [0.2, 0.25) is 0 Å². The maximum absolute atomic E-state index is 11.0. The Morgan fingerprint density at radius 2 is 1.56 bits per heavy atom. The monoisotopic (exact) mass is 453 g/mol. The summed E-state index contributed by atoms with van der Waals surface area (Å²) >= 11 is 0. The van der Waals surface area contributed by atoms with Gasteiger partial charge in [-0.2, -0.15) is 0 Å². The van der Waals surface area contributed by atoms with E-state index in [1.54, 1.807) is 13.3 Å². The van der Waals surface area contributed by atoms with Crippen molar-refractivity contribution in [2.75, 3.05) is 11.4 Å². The van der Waals surface area contributed by atoms with E-state index in [0.717, 1.165) is 37.2 Å². The Bertz CT molecular complexity index is 1120. The van der Waals surface area contributed by atoms with E-state index in [1.165, 1.54) is 22.4 Å². The van der Waals surface area contributed by atoms with Crippen molar-refractivity contribution in [1.29, 1.82) is 0 Å². The number of nitrogens with one attached hydrogen (secondary N) is 1. The molecule has 0 radical (unpaired) electrons. The van der Waals surface area contributed by atoms with Crippen LogP contribution in [0.15, 0.2) is 91.4 Å². The zero-order valence-corrected chi connectivity index (χ0v) is 20.5. The van der Waals surface area contributed by atoms with Gasteiger partial charge in [-0.25, -0.2) is 4.98 Å². The maximum atomic E-state index is 11.0. The van der Waals surface area contributed by atoms with Crippen LogP contribution in [0.5, 0.6) is 0 Å². The fraction of sp³-hybridized carbons (Fsp3) is 0.267. The molecule has 0 unspecified atom stereocenters. The van der Waals surface area contributed by atoms with E-state index in [1.807, 2.05) is 36.5 Å². The number of benzene rings is 3. The van der Waals surface area contributed by atoms with E-state index in [2.05, 4.69) is 77.2 Å². The molecule has 0 atom stereocenters. The molecule has 0 fully saturated rings. The van der Waals surface area contributed by atoms with Crippen molar-refractivity contribution >= 4 is 11.5 Å². The average molecular weight is 454 g/mol. The van der Waals surface area contributed by atoms with Crippen LogP contribution >= 0.6 is 0 Å². The number of aromatic nitrogens is 2. The van der Waals surface area contributed by atoms with Gasteiger partial charge in [0.15, 0.2) is 0 Å². The number of carbonyl (C=O) groups is 1. The number of aromatic amines is 1. The molecular formula is C30H35N3O. The second kappa shape index (κ2) is 13.1. The zero-order valence-electron chi connectivity index (χ0n) is 20.5. The van der Waals surface area contributed by atoms with Crippen molar-refractivity contribution in [3.63, 3.8) is 0 Å².